The Balaban J connectivity index is 1.79. The molecule has 0 aliphatic carbocycles. The van der Waals surface area contributed by atoms with Crippen LogP contribution in [0.2, 0.25) is 0 Å². The molecule has 1 aromatic carbocycles. The van der Waals surface area contributed by atoms with Gasteiger partial charge in [-0.3, -0.25) is 0 Å². The van der Waals surface area contributed by atoms with Crippen LogP contribution in [-0.2, 0) is 9.84 Å². The number of hydrogen-bond donors (Lipinski definition) is 1. The van der Waals surface area contributed by atoms with Crippen LogP contribution in [-0.4, -0.2) is 43.0 Å². The molecule has 0 spiro atoms. The fraction of sp³-hybridized carbons (Fsp3) is 0.333. The molecule has 9 heteroatoms. The molecule has 1 N–H and O–H groups in total. The van der Waals surface area contributed by atoms with Crippen LogP contribution in [0.3, 0.4) is 0 Å². The van der Waals surface area contributed by atoms with Crippen LogP contribution in [0.5, 0.6) is 0 Å². The maximum atomic E-state index is 13.7. The number of nitrogens with zero attached hydrogens (tertiary/aromatic N) is 3. The van der Waals surface area contributed by atoms with Crippen LogP contribution in [0.15, 0.2) is 30.5 Å². The van der Waals surface area contributed by atoms with Crippen molar-refractivity contribution in [3.8, 4) is 0 Å². The Hall–Kier alpha value is -2.29. The van der Waals surface area contributed by atoms with Crippen molar-refractivity contribution >= 4 is 27.3 Å². The zero-order chi connectivity index (χ0) is 17.3. The normalized spacial score (nSPS) is 19.2. The molecule has 3 rings (SSSR count). The number of halogens is 2. The third kappa shape index (κ3) is 3.61. The highest BCUT2D eigenvalue weighted by Gasteiger charge is 2.31. The molecule has 1 saturated heterocycles. The van der Waals surface area contributed by atoms with E-state index >= 15 is 0 Å². The van der Waals surface area contributed by atoms with Gasteiger partial charge in [-0.2, -0.15) is 4.98 Å². The summed E-state index contributed by atoms with van der Waals surface area (Å²) in [6.07, 6.45) is 2.03. The first-order valence-electron chi connectivity index (χ1n) is 7.32. The van der Waals surface area contributed by atoms with Crippen LogP contribution >= 0.6 is 0 Å². The second-order valence-electron chi connectivity index (χ2n) is 5.66. The van der Waals surface area contributed by atoms with Gasteiger partial charge in [0, 0.05) is 25.4 Å². The van der Waals surface area contributed by atoms with Crippen LogP contribution in [0.1, 0.15) is 6.42 Å². The monoisotopic (exact) mass is 354 g/mol. The minimum absolute atomic E-state index is 0.0552. The highest BCUT2D eigenvalue weighted by molar-refractivity contribution is 7.91. The van der Waals surface area contributed by atoms with Gasteiger partial charge in [-0.25, -0.2) is 22.2 Å². The van der Waals surface area contributed by atoms with E-state index in [1.54, 1.807) is 18.0 Å². The molecule has 0 radical (unpaired) electrons. The van der Waals surface area contributed by atoms with Gasteiger partial charge in [-0.05, 0) is 24.6 Å². The summed E-state index contributed by atoms with van der Waals surface area (Å²) in [5.41, 5.74) is 0.0552. The Labute approximate surface area is 138 Å². The minimum Gasteiger partial charge on any atom is -0.355 e. The second kappa shape index (κ2) is 6.31. The molecule has 24 heavy (non-hydrogen) atoms. The van der Waals surface area contributed by atoms with E-state index in [-0.39, 0.29) is 29.2 Å². The molecule has 1 aromatic heterocycles. The predicted molar refractivity (Wildman–Crippen MR) is 87.1 cm³/mol. The van der Waals surface area contributed by atoms with E-state index in [0.717, 1.165) is 12.1 Å². The fourth-order valence-corrected chi connectivity index (χ4v) is 4.36. The van der Waals surface area contributed by atoms with E-state index in [1.807, 2.05) is 0 Å². The Morgan fingerprint density at radius 3 is 2.75 bits per heavy atom. The molecule has 1 atom stereocenters. The molecule has 0 amide bonds. The maximum Gasteiger partial charge on any atom is 0.229 e. The highest BCUT2D eigenvalue weighted by atomic mass is 32.2. The van der Waals surface area contributed by atoms with E-state index < -0.39 is 21.5 Å². The topological polar surface area (TPSA) is 75.2 Å². The van der Waals surface area contributed by atoms with E-state index in [1.165, 1.54) is 12.3 Å². The molecule has 1 fully saturated rings. The first kappa shape index (κ1) is 16.6. The number of rotatable bonds is 4. The number of benzene rings is 1. The van der Waals surface area contributed by atoms with Crippen molar-refractivity contribution in [1.29, 1.82) is 0 Å². The molecular weight excluding hydrogens is 338 g/mol. The lowest BCUT2D eigenvalue weighted by molar-refractivity contribution is 0.585. The van der Waals surface area contributed by atoms with Gasteiger partial charge >= 0.3 is 0 Å². The third-order valence-corrected chi connectivity index (χ3v) is 5.69. The molecular formula is C15H16F2N4O2S. The molecule has 2 heterocycles. The quantitative estimate of drug-likeness (QED) is 0.907. The summed E-state index contributed by atoms with van der Waals surface area (Å²) < 4.78 is 49.8. The predicted octanol–water partition coefficient (Wildman–Crippen LogP) is 2.12. The van der Waals surface area contributed by atoms with Crippen LogP contribution in [0.4, 0.5) is 26.2 Å². The minimum atomic E-state index is -3.00. The molecule has 1 aliphatic heterocycles. The Bertz CT molecular complexity index is 860. The SMILES string of the molecule is CN(c1ccnc(Nc2ccc(F)cc2F)n1)C1CCS(=O)(=O)C1. The summed E-state index contributed by atoms with van der Waals surface area (Å²) in [4.78, 5) is 10.1. The van der Waals surface area contributed by atoms with Crippen LogP contribution < -0.4 is 10.2 Å². The van der Waals surface area contributed by atoms with Crippen molar-refractivity contribution < 1.29 is 17.2 Å². The number of hydrogen-bond acceptors (Lipinski definition) is 6. The van der Waals surface area contributed by atoms with E-state index in [2.05, 4.69) is 15.3 Å². The van der Waals surface area contributed by atoms with Gasteiger partial charge in [0.05, 0.1) is 17.2 Å². The zero-order valence-corrected chi connectivity index (χ0v) is 13.7. The van der Waals surface area contributed by atoms with Gasteiger partial charge in [0.1, 0.15) is 17.5 Å². The van der Waals surface area contributed by atoms with Crippen molar-refractivity contribution in [2.24, 2.45) is 0 Å². The number of nitrogens with one attached hydrogen (secondary N) is 1. The number of anilines is 3. The Kier molecular flexibility index (Phi) is 4.35. The van der Waals surface area contributed by atoms with Gasteiger partial charge < -0.3 is 10.2 Å². The first-order valence-corrected chi connectivity index (χ1v) is 9.14. The molecule has 6 nitrogen and oxygen atoms in total. The summed E-state index contributed by atoms with van der Waals surface area (Å²) in [6, 6.07) is 4.65. The van der Waals surface area contributed by atoms with E-state index in [4.69, 9.17) is 0 Å². The van der Waals surface area contributed by atoms with Crippen molar-refractivity contribution in [1.82, 2.24) is 9.97 Å². The van der Waals surface area contributed by atoms with Crippen molar-refractivity contribution in [2.75, 3.05) is 28.8 Å². The average molecular weight is 354 g/mol. The smallest absolute Gasteiger partial charge is 0.229 e. The Morgan fingerprint density at radius 1 is 1.29 bits per heavy atom. The zero-order valence-electron chi connectivity index (χ0n) is 12.9. The number of aromatic nitrogens is 2. The molecule has 0 bridgehead atoms. The number of sulfone groups is 1. The lowest BCUT2D eigenvalue weighted by Gasteiger charge is -2.24. The van der Waals surface area contributed by atoms with Gasteiger partial charge in [0.15, 0.2) is 9.84 Å². The van der Waals surface area contributed by atoms with Gasteiger partial charge in [-0.1, -0.05) is 0 Å². The van der Waals surface area contributed by atoms with Gasteiger partial charge in [0.25, 0.3) is 0 Å². The maximum absolute atomic E-state index is 13.7. The Morgan fingerprint density at radius 2 is 2.08 bits per heavy atom. The molecule has 0 saturated carbocycles. The van der Waals surface area contributed by atoms with E-state index in [9.17, 15) is 17.2 Å². The fourth-order valence-electron chi connectivity index (χ4n) is 2.59. The lowest BCUT2D eigenvalue weighted by Crippen LogP contribution is -2.33. The van der Waals surface area contributed by atoms with Crippen LogP contribution in [0.25, 0.3) is 0 Å². The molecule has 2 aromatic rings. The summed E-state index contributed by atoms with van der Waals surface area (Å²) in [7, 11) is -1.24. The third-order valence-electron chi connectivity index (χ3n) is 3.94. The summed E-state index contributed by atoms with van der Waals surface area (Å²) >= 11 is 0. The van der Waals surface area contributed by atoms with Crippen molar-refractivity contribution in [3.63, 3.8) is 0 Å². The summed E-state index contributed by atoms with van der Waals surface area (Å²) in [5, 5.41) is 2.69. The van der Waals surface area contributed by atoms with Crippen LogP contribution in [0, 0.1) is 11.6 Å². The highest BCUT2D eigenvalue weighted by Crippen LogP contribution is 2.23. The summed E-state index contributed by atoms with van der Waals surface area (Å²) in [6.45, 7) is 0. The molecule has 1 aliphatic rings. The first-order chi connectivity index (χ1) is 11.3. The second-order valence-corrected chi connectivity index (χ2v) is 7.88. The summed E-state index contributed by atoms with van der Waals surface area (Å²) in [5.74, 6) is -0.501. The standard InChI is InChI=1S/C15H16F2N4O2S/c1-21(11-5-7-24(22,23)9-11)14-4-6-18-15(20-14)19-13-3-2-10(16)8-12(13)17/h2-4,6,8,11H,5,7,9H2,1H3,(H,18,19,20). The van der Waals surface area contributed by atoms with Crippen molar-refractivity contribution in [2.45, 2.75) is 12.5 Å². The van der Waals surface area contributed by atoms with Crippen molar-refractivity contribution in [3.05, 3.63) is 42.1 Å². The molecule has 1 unspecified atom stereocenters. The van der Waals surface area contributed by atoms with Gasteiger partial charge in [0.2, 0.25) is 5.95 Å². The van der Waals surface area contributed by atoms with Gasteiger partial charge in [-0.15, -0.1) is 0 Å². The van der Waals surface area contributed by atoms with E-state index in [0.29, 0.717) is 12.2 Å². The molecule has 128 valence electrons. The largest absolute Gasteiger partial charge is 0.355 e. The lowest BCUT2D eigenvalue weighted by atomic mass is 10.2. The average Bonchev–Trinajstić information content (AvgIpc) is 2.90.